The molecule has 2 unspecified atom stereocenters. The fourth-order valence-electron chi connectivity index (χ4n) is 4.53. The van der Waals surface area contributed by atoms with Crippen LogP contribution in [0.25, 0.3) is 23.0 Å². The lowest BCUT2D eigenvalue weighted by Gasteiger charge is -2.26. The average molecular weight is 437 g/mol. The zero-order valence-electron chi connectivity index (χ0n) is 18.1. The summed E-state index contributed by atoms with van der Waals surface area (Å²) in [5.74, 6) is 1.15. The van der Waals surface area contributed by atoms with Crippen LogP contribution in [0.5, 0.6) is 0 Å². The lowest BCUT2D eigenvalue weighted by Crippen LogP contribution is -2.39. The Morgan fingerprint density at radius 1 is 0.576 bits per heavy atom. The molecular formula is C29H24O4. The Kier molecular flexibility index (Phi) is 5.11. The Balaban J connectivity index is 1.17. The molecule has 0 spiro atoms. The van der Waals surface area contributed by atoms with Gasteiger partial charge in [-0.2, -0.15) is 0 Å². The van der Waals surface area contributed by atoms with Crippen LogP contribution in [0.1, 0.15) is 6.42 Å². The number of fused-ring (bicyclic) bond motifs is 4. The third-order valence-corrected chi connectivity index (χ3v) is 6.10. The zero-order chi connectivity index (χ0) is 22.0. The zero-order valence-corrected chi connectivity index (χ0v) is 18.1. The number of rotatable bonds is 6. The molecule has 0 saturated carbocycles. The van der Waals surface area contributed by atoms with Crippen molar-refractivity contribution in [2.45, 2.75) is 18.6 Å². The highest BCUT2D eigenvalue weighted by Gasteiger charge is 2.23. The van der Waals surface area contributed by atoms with Crippen molar-refractivity contribution in [3.63, 3.8) is 0 Å². The van der Waals surface area contributed by atoms with Crippen LogP contribution in [0, 0.1) is 0 Å². The van der Waals surface area contributed by atoms with E-state index >= 15 is 0 Å². The summed E-state index contributed by atoms with van der Waals surface area (Å²) in [5.41, 5.74) is 2.33. The molecule has 0 N–H and O–H groups in total. The first kappa shape index (κ1) is 19.7. The van der Waals surface area contributed by atoms with E-state index in [0.29, 0.717) is 31.5 Å². The van der Waals surface area contributed by atoms with E-state index in [1.807, 2.05) is 72.9 Å². The summed E-state index contributed by atoms with van der Waals surface area (Å²) in [6.07, 6.45) is 16.9. The van der Waals surface area contributed by atoms with E-state index in [2.05, 4.69) is 24.3 Å². The minimum atomic E-state index is -0.109. The van der Waals surface area contributed by atoms with Gasteiger partial charge in [0.1, 0.15) is 12.2 Å². The number of hydrogen-bond donors (Lipinski definition) is 0. The summed E-state index contributed by atoms with van der Waals surface area (Å²) in [7, 11) is 0. The molecule has 2 aromatic rings. The fourth-order valence-corrected chi connectivity index (χ4v) is 4.53. The molecule has 2 atom stereocenters. The van der Waals surface area contributed by atoms with Crippen LogP contribution < -0.4 is 20.9 Å². The molecule has 0 fully saturated rings. The first-order chi connectivity index (χ1) is 16.4. The second-order valence-electron chi connectivity index (χ2n) is 8.19. The predicted octanol–water partition coefficient (Wildman–Crippen LogP) is 2.29. The Labute approximate surface area is 192 Å². The van der Waals surface area contributed by atoms with Crippen LogP contribution >= 0.6 is 0 Å². The van der Waals surface area contributed by atoms with Crippen molar-refractivity contribution in [2.24, 2.45) is 0 Å². The molecule has 2 aromatic carbocycles. The Hall–Kier alpha value is -3.92. The lowest BCUT2D eigenvalue weighted by atomic mass is 9.99. The van der Waals surface area contributed by atoms with E-state index in [0.717, 1.165) is 32.0 Å². The Bertz CT molecular complexity index is 1340. The highest BCUT2D eigenvalue weighted by Crippen LogP contribution is 2.22. The molecule has 4 heteroatoms. The minimum Gasteiger partial charge on any atom is -0.465 e. The molecule has 2 aliphatic carbocycles. The van der Waals surface area contributed by atoms with Gasteiger partial charge in [-0.05, 0) is 34.7 Å². The van der Waals surface area contributed by atoms with Gasteiger partial charge in [-0.25, -0.2) is 0 Å². The Morgan fingerprint density at radius 3 is 1.52 bits per heavy atom. The number of ether oxygens (including phenoxy) is 4. The van der Waals surface area contributed by atoms with Crippen molar-refractivity contribution in [3.05, 3.63) is 118 Å². The lowest BCUT2D eigenvalue weighted by molar-refractivity contribution is 0.0761. The molecular weight excluding hydrogens is 412 g/mol. The summed E-state index contributed by atoms with van der Waals surface area (Å²) in [4.78, 5) is 0. The number of benzene rings is 2. The summed E-state index contributed by atoms with van der Waals surface area (Å²) in [5, 5.41) is 4.29. The van der Waals surface area contributed by atoms with Gasteiger partial charge in [0.15, 0.2) is 0 Å². The van der Waals surface area contributed by atoms with Crippen molar-refractivity contribution in [1.29, 1.82) is 0 Å². The summed E-state index contributed by atoms with van der Waals surface area (Å²) < 4.78 is 24.4. The quantitative estimate of drug-likeness (QED) is 0.652. The van der Waals surface area contributed by atoms with Crippen LogP contribution in [0.15, 0.2) is 97.1 Å². The molecule has 0 aromatic heterocycles. The Morgan fingerprint density at radius 2 is 1.03 bits per heavy atom. The largest absolute Gasteiger partial charge is 0.465 e. The van der Waals surface area contributed by atoms with E-state index in [-0.39, 0.29) is 12.2 Å². The fraction of sp³-hybridized carbons (Fsp3) is 0.172. The second kappa shape index (κ2) is 8.55. The highest BCUT2D eigenvalue weighted by atomic mass is 16.7. The molecule has 4 nitrogen and oxygen atoms in total. The van der Waals surface area contributed by atoms with Crippen molar-refractivity contribution in [2.75, 3.05) is 13.2 Å². The molecule has 0 amide bonds. The van der Waals surface area contributed by atoms with Gasteiger partial charge in [-0.3, -0.25) is 0 Å². The topological polar surface area (TPSA) is 36.9 Å². The first-order valence-corrected chi connectivity index (χ1v) is 11.3. The summed E-state index contributed by atoms with van der Waals surface area (Å²) in [6.45, 7) is 0.979. The van der Waals surface area contributed by atoms with E-state index in [4.69, 9.17) is 18.9 Å². The molecule has 0 radical (unpaired) electrons. The normalized spacial score (nSPS) is 21.5. The van der Waals surface area contributed by atoms with Crippen molar-refractivity contribution >= 4 is 23.0 Å². The number of allylic oxidation sites excluding steroid dienone is 4. The first-order valence-electron chi connectivity index (χ1n) is 11.3. The van der Waals surface area contributed by atoms with Gasteiger partial charge in [-0.15, -0.1) is 0 Å². The van der Waals surface area contributed by atoms with Crippen molar-refractivity contribution < 1.29 is 18.9 Å². The maximum absolute atomic E-state index is 6.15. The van der Waals surface area contributed by atoms with E-state index in [1.54, 1.807) is 0 Å². The smallest absolute Gasteiger partial charge is 0.288 e. The van der Waals surface area contributed by atoms with Crippen LogP contribution in [-0.4, -0.2) is 25.4 Å². The summed E-state index contributed by atoms with van der Waals surface area (Å²) in [6, 6.07) is 16.4. The molecule has 2 heterocycles. The standard InChI is InChI=1S/C29H24O4/c1-3-14-24-20(10-1)22-12-5-7-16-26(22)32-28(24)30-18-9-19-31-29-25-15-4-2-11-21(25)23-13-6-8-17-27(23)33-29/h1-8,10-17,26-27H,9,18-19H2. The van der Waals surface area contributed by atoms with Gasteiger partial charge in [0.2, 0.25) is 0 Å². The van der Waals surface area contributed by atoms with E-state index in [1.165, 1.54) is 0 Å². The molecule has 6 rings (SSSR count). The van der Waals surface area contributed by atoms with Crippen molar-refractivity contribution in [1.82, 2.24) is 0 Å². The van der Waals surface area contributed by atoms with Gasteiger partial charge in [0.25, 0.3) is 11.9 Å². The maximum atomic E-state index is 6.15. The van der Waals surface area contributed by atoms with Gasteiger partial charge in [0.05, 0.1) is 23.7 Å². The average Bonchev–Trinajstić information content (AvgIpc) is 2.88. The maximum Gasteiger partial charge on any atom is 0.288 e. The van der Waals surface area contributed by atoms with Gasteiger partial charge < -0.3 is 18.9 Å². The third-order valence-electron chi connectivity index (χ3n) is 6.10. The van der Waals surface area contributed by atoms with Crippen LogP contribution in [0.2, 0.25) is 0 Å². The van der Waals surface area contributed by atoms with E-state index in [9.17, 15) is 0 Å². The SMILES string of the molecule is C1=CC2=c3ccccc3=C(OCCCOC3=c4ccccc4=C4C=CC=CC4O3)OC2C=C1. The highest BCUT2D eigenvalue weighted by molar-refractivity contribution is 5.69. The third kappa shape index (κ3) is 3.68. The van der Waals surface area contributed by atoms with Crippen LogP contribution in [0.4, 0.5) is 0 Å². The van der Waals surface area contributed by atoms with Gasteiger partial charge in [0, 0.05) is 17.6 Å². The molecule has 0 bridgehead atoms. The number of hydrogen-bond acceptors (Lipinski definition) is 4. The van der Waals surface area contributed by atoms with E-state index < -0.39 is 0 Å². The predicted molar refractivity (Wildman–Crippen MR) is 128 cm³/mol. The van der Waals surface area contributed by atoms with Crippen LogP contribution in [-0.2, 0) is 18.9 Å². The van der Waals surface area contributed by atoms with Crippen molar-refractivity contribution in [3.8, 4) is 0 Å². The van der Waals surface area contributed by atoms with Gasteiger partial charge >= 0.3 is 0 Å². The molecule has 4 aliphatic rings. The minimum absolute atomic E-state index is 0.109. The van der Waals surface area contributed by atoms with Crippen LogP contribution in [0.3, 0.4) is 0 Å². The summed E-state index contributed by atoms with van der Waals surface area (Å²) >= 11 is 0. The second-order valence-corrected chi connectivity index (χ2v) is 8.19. The molecule has 0 saturated heterocycles. The van der Waals surface area contributed by atoms with Gasteiger partial charge in [-0.1, -0.05) is 72.9 Å². The molecule has 164 valence electrons. The monoisotopic (exact) mass is 436 g/mol. The molecule has 33 heavy (non-hydrogen) atoms. The molecule has 2 aliphatic heterocycles.